The monoisotopic (exact) mass is 422 g/mol. The van der Waals surface area contributed by atoms with E-state index in [0.717, 1.165) is 53.6 Å². The van der Waals surface area contributed by atoms with Crippen molar-refractivity contribution >= 4 is 17.2 Å². The summed E-state index contributed by atoms with van der Waals surface area (Å²) in [5.41, 5.74) is 3.12. The lowest BCUT2D eigenvalue weighted by Gasteiger charge is -2.26. The van der Waals surface area contributed by atoms with Crippen LogP contribution in [-0.2, 0) is 17.6 Å². The summed E-state index contributed by atoms with van der Waals surface area (Å²) in [5, 5.41) is 3.05. The van der Waals surface area contributed by atoms with Gasteiger partial charge in [0.15, 0.2) is 0 Å². The van der Waals surface area contributed by atoms with Crippen molar-refractivity contribution in [2.45, 2.75) is 31.7 Å². The molecule has 0 radical (unpaired) electrons. The third-order valence-corrected chi connectivity index (χ3v) is 6.40. The Kier molecular flexibility index (Phi) is 6.33. The molecule has 1 aromatic heterocycles. The highest BCUT2D eigenvalue weighted by atomic mass is 32.1. The molecule has 6 heteroatoms. The van der Waals surface area contributed by atoms with Crippen LogP contribution in [0.25, 0.3) is 0 Å². The minimum atomic E-state index is 0.0285. The molecule has 0 bridgehead atoms. The number of likely N-dealkylation sites (tertiary alicyclic amines) is 1. The van der Waals surface area contributed by atoms with Crippen molar-refractivity contribution in [3.05, 3.63) is 75.7 Å². The maximum atomic E-state index is 13.1. The third-order valence-electron chi connectivity index (χ3n) is 5.50. The SMILES string of the molecule is COc1ccc(C2CCCN2C(=O)Cc2csc(Cc3ccccc3)n2)c(OC)c1. The van der Waals surface area contributed by atoms with Crippen molar-refractivity contribution in [1.29, 1.82) is 0 Å². The smallest absolute Gasteiger partial charge is 0.229 e. The van der Waals surface area contributed by atoms with Crippen LogP contribution in [0.3, 0.4) is 0 Å². The van der Waals surface area contributed by atoms with Gasteiger partial charge in [-0.1, -0.05) is 30.3 Å². The number of hydrogen-bond donors (Lipinski definition) is 0. The Morgan fingerprint density at radius 2 is 2.00 bits per heavy atom. The van der Waals surface area contributed by atoms with Gasteiger partial charge in [0, 0.05) is 30.0 Å². The molecule has 1 saturated heterocycles. The number of aromatic nitrogens is 1. The van der Waals surface area contributed by atoms with Gasteiger partial charge in [0.1, 0.15) is 11.5 Å². The second kappa shape index (κ2) is 9.30. The summed E-state index contributed by atoms with van der Waals surface area (Å²) in [7, 11) is 3.29. The van der Waals surface area contributed by atoms with E-state index < -0.39 is 0 Å². The Morgan fingerprint density at radius 1 is 1.17 bits per heavy atom. The number of thiazole rings is 1. The third kappa shape index (κ3) is 4.49. The highest BCUT2D eigenvalue weighted by Gasteiger charge is 2.32. The average molecular weight is 423 g/mol. The maximum absolute atomic E-state index is 13.1. The summed E-state index contributed by atoms with van der Waals surface area (Å²) in [5.74, 6) is 1.63. The molecule has 5 nitrogen and oxygen atoms in total. The molecule has 1 unspecified atom stereocenters. The fraction of sp³-hybridized carbons (Fsp3) is 0.333. The second-order valence-corrected chi connectivity index (χ2v) is 8.37. The zero-order valence-corrected chi connectivity index (χ0v) is 18.2. The Labute approximate surface area is 181 Å². The summed E-state index contributed by atoms with van der Waals surface area (Å²) in [6.45, 7) is 0.764. The minimum absolute atomic E-state index is 0.0285. The number of hydrogen-bond acceptors (Lipinski definition) is 5. The first-order chi connectivity index (χ1) is 14.7. The number of carbonyl (C=O) groups excluding carboxylic acids is 1. The van der Waals surface area contributed by atoms with Crippen molar-refractivity contribution in [1.82, 2.24) is 9.88 Å². The van der Waals surface area contributed by atoms with Gasteiger partial charge in [-0.3, -0.25) is 4.79 Å². The zero-order valence-electron chi connectivity index (χ0n) is 17.3. The molecule has 156 valence electrons. The summed E-state index contributed by atoms with van der Waals surface area (Å²) in [6.07, 6.45) is 3.06. The van der Waals surface area contributed by atoms with Crippen molar-refractivity contribution in [2.75, 3.05) is 20.8 Å². The quantitative estimate of drug-likeness (QED) is 0.556. The zero-order chi connectivity index (χ0) is 20.9. The molecule has 3 aromatic rings. The lowest BCUT2D eigenvalue weighted by Crippen LogP contribution is -2.32. The number of benzene rings is 2. The van der Waals surface area contributed by atoms with E-state index in [1.807, 2.05) is 46.7 Å². The highest BCUT2D eigenvalue weighted by Crippen LogP contribution is 2.39. The van der Waals surface area contributed by atoms with E-state index >= 15 is 0 Å². The van der Waals surface area contributed by atoms with Gasteiger partial charge in [0.05, 0.1) is 37.4 Å². The summed E-state index contributed by atoms with van der Waals surface area (Å²) in [6, 6.07) is 16.1. The number of amides is 1. The van der Waals surface area contributed by atoms with Crippen LogP contribution < -0.4 is 9.47 Å². The predicted octanol–water partition coefficient (Wildman–Crippen LogP) is 4.66. The van der Waals surface area contributed by atoms with E-state index in [1.54, 1.807) is 25.6 Å². The number of carbonyl (C=O) groups is 1. The summed E-state index contributed by atoms with van der Waals surface area (Å²) >= 11 is 1.62. The average Bonchev–Trinajstić information content (AvgIpc) is 3.43. The molecule has 30 heavy (non-hydrogen) atoms. The van der Waals surface area contributed by atoms with Crippen LogP contribution in [0.5, 0.6) is 11.5 Å². The molecule has 0 N–H and O–H groups in total. The summed E-state index contributed by atoms with van der Waals surface area (Å²) in [4.78, 5) is 19.8. The molecular weight excluding hydrogens is 396 g/mol. The van der Waals surface area contributed by atoms with Crippen LogP contribution in [0.1, 0.15) is 40.7 Å². The molecule has 1 atom stereocenters. The van der Waals surface area contributed by atoms with Gasteiger partial charge in [0.2, 0.25) is 5.91 Å². The Bertz CT molecular complexity index is 1000. The van der Waals surface area contributed by atoms with Crippen LogP contribution in [0.15, 0.2) is 53.9 Å². The molecule has 1 fully saturated rings. The molecule has 2 aromatic carbocycles. The van der Waals surface area contributed by atoms with Gasteiger partial charge < -0.3 is 14.4 Å². The van der Waals surface area contributed by atoms with Gasteiger partial charge in [-0.15, -0.1) is 11.3 Å². The molecule has 1 aliphatic rings. The van der Waals surface area contributed by atoms with Crippen LogP contribution in [0.4, 0.5) is 0 Å². The second-order valence-electron chi connectivity index (χ2n) is 7.42. The lowest BCUT2D eigenvalue weighted by atomic mass is 10.0. The van der Waals surface area contributed by atoms with E-state index in [-0.39, 0.29) is 11.9 Å². The first-order valence-electron chi connectivity index (χ1n) is 10.2. The fourth-order valence-electron chi connectivity index (χ4n) is 4.02. The summed E-state index contributed by atoms with van der Waals surface area (Å²) < 4.78 is 10.9. The number of nitrogens with zero attached hydrogens (tertiary/aromatic N) is 2. The number of rotatable bonds is 7. The largest absolute Gasteiger partial charge is 0.497 e. The Balaban J connectivity index is 1.46. The molecule has 1 amide bonds. The molecule has 0 saturated carbocycles. The van der Waals surface area contributed by atoms with E-state index in [2.05, 4.69) is 12.1 Å². The normalized spacial score (nSPS) is 15.9. The molecule has 4 rings (SSSR count). The van der Waals surface area contributed by atoms with E-state index in [1.165, 1.54) is 5.56 Å². The fourth-order valence-corrected chi connectivity index (χ4v) is 4.85. The van der Waals surface area contributed by atoms with Gasteiger partial charge in [-0.05, 0) is 30.5 Å². The first kappa shape index (κ1) is 20.4. The molecule has 1 aliphatic heterocycles. The van der Waals surface area contributed by atoms with Crippen molar-refractivity contribution in [3.8, 4) is 11.5 Å². The maximum Gasteiger partial charge on any atom is 0.229 e. The van der Waals surface area contributed by atoms with Gasteiger partial charge in [-0.2, -0.15) is 0 Å². The highest BCUT2D eigenvalue weighted by molar-refractivity contribution is 7.09. The van der Waals surface area contributed by atoms with Gasteiger partial charge in [-0.25, -0.2) is 4.98 Å². The molecule has 2 heterocycles. The van der Waals surface area contributed by atoms with Crippen molar-refractivity contribution in [3.63, 3.8) is 0 Å². The van der Waals surface area contributed by atoms with Crippen LogP contribution >= 0.6 is 11.3 Å². The van der Waals surface area contributed by atoms with Crippen LogP contribution in [0, 0.1) is 0 Å². The van der Waals surface area contributed by atoms with Gasteiger partial charge >= 0.3 is 0 Å². The molecular formula is C24H26N2O3S. The Hall–Kier alpha value is -2.86. The van der Waals surface area contributed by atoms with E-state index in [4.69, 9.17) is 14.5 Å². The molecule has 0 spiro atoms. The number of methoxy groups -OCH3 is 2. The minimum Gasteiger partial charge on any atom is -0.497 e. The predicted molar refractivity (Wildman–Crippen MR) is 118 cm³/mol. The molecule has 0 aliphatic carbocycles. The first-order valence-corrected chi connectivity index (χ1v) is 11.0. The van der Waals surface area contributed by atoms with Gasteiger partial charge in [0.25, 0.3) is 0 Å². The van der Waals surface area contributed by atoms with Crippen molar-refractivity contribution < 1.29 is 14.3 Å². The van der Waals surface area contributed by atoms with Crippen molar-refractivity contribution in [2.24, 2.45) is 0 Å². The topological polar surface area (TPSA) is 51.7 Å². The lowest BCUT2D eigenvalue weighted by molar-refractivity contribution is -0.131. The number of ether oxygens (including phenoxy) is 2. The van der Waals surface area contributed by atoms with Crippen LogP contribution in [0.2, 0.25) is 0 Å². The van der Waals surface area contributed by atoms with Crippen LogP contribution in [-0.4, -0.2) is 36.6 Å². The van der Waals surface area contributed by atoms with E-state index in [0.29, 0.717) is 6.42 Å². The standard InChI is InChI=1S/C24H26N2O3S/c1-28-19-10-11-20(22(15-19)29-2)21-9-6-12-26(21)24(27)14-18-16-30-23(25-18)13-17-7-4-3-5-8-17/h3-5,7-8,10-11,15-16,21H,6,9,12-14H2,1-2H3. The van der Waals surface area contributed by atoms with E-state index in [9.17, 15) is 4.79 Å². The Morgan fingerprint density at radius 3 is 2.77 bits per heavy atom.